The third-order valence-corrected chi connectivity index (χ3v) is 3.94. The zero-order valence-electron chi connectivity index (χ0n) is 9.07. The van der Waals surface area contributed by atoms with Gasteiger partial charge in [0.15, 0.2) is 0 Å². The number of thioether (sulfide) groups is 1. The Balaban J connectivity index is 1.89. The van der Waals surface area contributed by atoms with Crippen LogP contribution in [-0.2, 0) is 0 Å². The lowest BCUT2D eigenvalue weighted by molar-refractivity contribution is -0.105. The van der Waals surface area contributed by atoms with Crippen LogP contribution in [0.1, 0.15) is 24.3 Å². The maximum Gasteiger partial charge on any atom is 0.398 e. The van der Waals surface area contributed by atoms with Crippen LogP contribution in [0.25, 0.3) is 0 Å². The van der Waals surface area contributed by atoms with Gasteiger partial charge in [-0.3, -0.25) is 0 Å². The van der Waals surface area contributed by atoms with Gasteiger partial charge in [0.2, 0.25) is 0 Å². The summed E-state index contributed by atoms with van der Waals surface area (Å²) < 4.78 is 36.0. The molecule has 0 aromatic heterocycles. The molecule has 1 aliphatic carbocycles. The monoisotopic (exact) mass is 262 g/mol. The molecule has 1 saturated carbocycles. The second kappa shape index (κ2) is 4.90. The van der Waals surface area contributed by atoms with Crippen LogP contribution in [0.3, 0.4) is 0 Å². The van der Waals surface area contributed by atoms with Crippen molar-refractivity contribution in [1.29, 1.82) is 0 Å². The lowest BCUT2D eigenvalue weighted by Crippen LogP contribution is -2.26. The van der Waals surface area contributed by atoms with E-state index in [-0.39, 0.29) is 6.10 Å². The Morgan fingerprint density at radius 3 is 2.24 bits per heavy atom. The van der Waals surface area contributed by atoms with E-state index in [2.05, 4.69) is 0 Å². The summed E-state index contributed by atoms with van der Waals surface area (Å²) in [6, 6.07) is 7.15. The van der Waals surface area contributed by atoms with Gasteiger partial charge in [-0.2, -0.15) is 13.2 Å². The minimum Gasteiger partial charge on any atom is -0.393 e. The Labute approximate surface area is 102 Å². The number of aliphatic hydroxyl groups excluding tert-OH is 1. The fourth-order valence-corrected chi connectivity index (χ4v) is 2.52. The highest BCUT2D eigenvalue weighted by molar-refractivity contribution is 7.99. The number of hydrogen-bond acceptors (Lipinski definition) is 2. The molecule has 1 fully saturated rings. The lowest BCUT2D eigenvalue weighted by atomic mass is 9.78. The number of aliphatic hydroxyl groups is 1. The van der Waals surface area contributed by atoms with Crippen molar-refractivity contribution < 1.29 is 18.3 Å². The minimum absolute atomic E-state index is 0.209. The Hall–Kier alpha value is -0.680. The summed E-state index contributed by atoms with van der Waals surface area (Å²) in [6.07, 6.45) is -2.81. The molecule has 1 N–H and O–H groups in total. The van der Waals surface area contributed by atoms with Gasteiger partial charge in [0.05, 0.1) is 11.9 Å². The molecule has 0 bridgehead atoms. The van der Waals surface area contributed by atoms with Crippen molar-refractivity contribution in [2.75, 3.05) is 5.75 Å². The van der Waals surface area contributed by atoms with E-state index < -0.39 is 11.9 Å². The number of rotatable bonds is 3. The summed E-state index contributed by atoms with van der Waals surface area (Å²) in [5, 5.41) is 9.18. The van der Waals surface area contributed by atoms with Gasteiger partial charge in [-0.25, -0.2) is 0 Å². The molecule has 5 heteroatoms. The predicted molar refractivity (Wildman–Crippen MR) is 61.2 cm³/mol. The van der Waals surface area contributed by atoms with E-state index >= 15 is 0 Å². The number of alkyl halides is 3. The van der Waals surface area contributed by atoms with E-state index in [1.807, 2.05) is 12.1 Å². The molecule has 1 aliphatic rings. The van der Waals surface area contributed by atoms with E-state index in [4.69, 9.17) is 0 Å². The molecule has 0 spiro atoms. The van der Waals surface area contributed by atoms with Gasteiger partial charge in [-0.15, -0.1) is 11.8 Å². The Morgan fingerprint density at radius 2 is 1.76 bits per heavy atom. The fraction of sp³-hybridized carbons (Fsp3) is 0.500. The van der Waals surface area contributed by atoms with E-state index in [0.717, 1.165) is 30.2 Å². The molecule has 0 radical (unpaired) electrons. The summed E-state index contributed by atoms with van der Waals surface area (Å²) >= 11 is 0.800. The molecule has 1 nitrogen and oxygen atoms in total. The quantitative estimate of drug-likeness (QED) is 0.840. The number of halogens is 3. The van der Waals surface area contributed by atoms with Gasteiger partial charge in [-0.1, -0.05) is 12.1 Å². The predicted octanol–water partition coefficient (Wildman–Crippen LogP) is 3.58. The first-order valence-corrected chi connectivity index (χ1v) is 6.40. The molecule has 0 heterocycles. The van der Waals surface area contributed by atoms with Crippen LogP contribution in [0.2, 0.25) is 0 Å². The van der Waals surface area contributed by atoms with E-state index in [1.165, 1.54) is 0 Å². The van der Waals surface area contributed by atoms with Crippen molar-refractivity contribution in [1.82, 2.24) is 0 Å². The smallest absolute Gasteiger partial charge is 0.393 e. The summed E-state index contributed by atoms with van der Waals surface area (Å²) in [6.45, 7) is 0. The van der Waals surface area contributed by atoms with Crippen molar-refractivity contribution in [2.45, 2.75) is 35.9 Å². The van der Waals surface area contributed by atoms with Crippen molar-refractivity contribution >= 4 is 11.8 Å². The molecule has 0 unspecified atom stereocenters. The largest absolute Gasteiger partial charge is 0.398 e. The first-order chi connectivity index (χ1) is 7.94. The SMILES string of the molecule is OC1CC(c2ccc(SCC(F)(F)F)cc2)C1. The van der Waals surface area contributed by atoms with Crippen LogP contribution in [0, 0.1) is 0 Å². The average Bonchev–Trinajstić information content (AvgIpc) is 2.22. The van der Waals surface area contributed by atoms with Gasteiger partial charge in [0.25, 0.3) is 0 Å². The van der Waals surface area contributed by atoms with Crippen molar-refractivity contribution in [3.8, 4) is 0 Å². The van der Waals surface area contributed by atoms with Crippen molar-refractivity contribution in [3.63, 3.8) is 0 Å². The zero-order chi connectivity index (χ0) is 12.5. The van der Waals surface area contributed by atoms with Crippen molar-refractivity contribution in [2.24, 2.45) is 0 Å². The molecule has 0 atom stereocenters. The van der Waals surface area contributed by atoms with Gasteiger partial charge in [-0.05, 0) is 36.5 Å². The molecule has 94 valence electrons. The lowest BCUT2D eigenvalue weighted by Gasteiger charge is -2.31. The Morgan fingerprint density at radius 1 is 1.18 bits per heavy atom. The van der Waals surface area contributed by atoms with Gasteiger partial charge < -0.3 is 5.11 Å². The zero-order valence-corrected chi connectivity index (χ0v) is 9.89. The molecule has 0 saturated heterocycles. The topological polar surface area (TPSA) is 20.2 Å². The summed E-state index contributed by atoms with van der Waals surface area (Å²) in [7, 11) is 0. The van der Waals surface area contributed by atoms with Crippen LogP contribution >= 0.6 is 11.8 Å². The normalized spacial score (nSPS) is 24.5. The molecule has 2 rings (SSSR count). The van der Waals surface area contributed by atoms with Gasteiger partial charge >= 0.3 is 6.18 Å². The fourth-order valence-electron chi connectivity index (χ4n) is 1.86. The van der Waals surface area contributed by atoms with E-state index in [0.29, 0.717) is 10.8 Å². The maximum absolute atomic E-state index is 12.0. The molecular formula is C12H13F3OS. The number of benzene rings is 1. The number of hydrogen-bond donors (Lipinski definition) is 1. The third-order valence-electron chi connectivity index (χ3n) is 2.87. The highest BCUT2D eigenvalue weighted by atomic mass is 32.2. The summed E-state index contributed by atoms with van der Waals surface area (Å²) in [4.78, 5) is 0.631. The molecule has 1 aromatic rings. The first kappa shape index (κ1) is 12.8. The molecular weight excluding hydrogens is 249 g/mol. The second-order valence-corrected chi connectivity index (χ2v) is 5.34. The average molecular weight is 262 g/mol. The van der Waals surface area contributed by atoms with Crippen LogP contribution in [0.4, 0.5) is 13.2 Å². The molecule has 1 aromatic carbocycles. The van der Waals surface area contributed by atoms with Crippen LogP contribution < -0.4 is 0 Å². The standard InChI is InChI=1S/C12H13F3OS/c13-12(14,15)7-17-11-3-1-8(2-4-11)9-5-10(16)6-9/h1-4,9-10,16H,5-7H2. The van der Waals surface area contributed by atoms with E-state index in [9.17, 15) is 18.3 Å². The van der Waals surface area contributed by atoms with E-state index in [1.54, 1.807) is 12.1 Å². The summed E-state index contributed by atoms with van der Waals surface area (Å²) in [5.41, 5.74) is 1.10. The van der Waals surface area contributed by atoms with Crippen LogP contribution in [0.5, 0.6) is 0 Å². The molecule has 17 heavy (non-hydrogen) atoms. The van der Waals surface area contributed by atoms with Crippen LogP contribution in [0.15, 0.2) is 29.2 Å². The van der Waals surface area contributed by atoms with Gasteiger partial charge in [0.1, 0.15) is 0 Å². The molecule has 0 amide bonds. The Kier molecular flexibility index (Phi) is 3.68. The van der Waals surface area contributed by atoms with Gasteiger partial charge in [0, 0.05) is 4.90 Å². The van der Waals surface area contributed by atoms with Crippen LogP contribution in [-0.4, -0.2) is 23.1 Å². The second-order valence-electron chi connectivity index (χ2n) is 4.30. The third kappa shape index (κ3) is 3.64. The van der Waals surface area contributed by atoms with Crippen molar-refractivity contribution in [3.05, 3.63) is 29.8 Å². The molecule has 0 aliphatic heterocycles. The minimum atomic E-state index is -4.12. The Bertz CT molecular complexity index is 368. The first-order valence-electron chi connectivity index (χ1n) is 5.41. The maximum atomic E-state index is 12.0. The summed E-state index contributed by atoms with van der Waals surface area (Å²) in [5.74, 6) is -0.485. The highest BCUT2D eigenvalue weighted by Crippen LogP contribution is 2.37. The highest BCUT2D eigenvalue weighted by Gasteiger charge is 2.29.